The van der Waals surface area contributed by atoms with Crippen LogP contribution in [0.1, 0.15) is 25.0 Å². The molecule has 2 rings (SSSR count). The number of carbonyl (C=O) groups is 1. The Kier molecular flexibility index (Phi) is 7.38. The number of aryl methyl sites for hydroxylation is 1. The van der Waals surface area contributed by atoms with Crippen LogP contribution in [0.15, 0.2) is 53.4 Å². The van der Waals surface area contributed by atoms with Gasteiger partial charge in [0.1, 0.15) is 11.8 Å². The molecule has 27 heavy (non-hydrogen) atoms. The summed E-state index contributed by atoms with van der Waals surface area (Å²) in [5.41, 5.74) is 1.59. The highest BCUT2D eigenvalue weighted by molar-refractivity contribution is 7.89. The second-order valence-electron chi connectivity index (χ2n) is 6.12. The molecular formula is C20H26N2O4S. The van der Waals surface area contributed by atoms with E-state index in [9.17, 15) is 13.2 Å². The average molecular weight is 391 g/mol. The van der Waals surface area contributed by atoms with Crippen molar-refractivity contribution in [2.75, 3.05) is 13.2 Å². The zero-order chi connectivity index (χ0) is 19.9. The Morgan fingerprint density at radius 2 is 1.81 bits per heavy atom. The van der Waals surface area contributed by atoms with Crippen LogP contribution in [-0.2, 0) is 21.2 Å². The first kappa shape index (κ1) is 20.9. The SMILES string of the molecule is CCNC(=O)[C@H](Cc1ccccc1)NS(=O)(=O)c1ccc(OCC)c(C)c1. The first-order valence-corrected chi connectivity index (χ1v) is 10.4. The molecule has 2 N–H and O–H groups in total. The summed E-state index contributed by atoms with van der Waals surface area (Å²) < 4.78 is 33.7. The number of likely N-dealkylation sites (N-methyl/N-ethyl adjacent to an activating group) is 1. The van der Waals surface area contributed by atoms with Crippen molar-refractivity contribution in [3.05, 3.63) is 59.7 Å². The number of nitrogens with one attached hydrogen (secondary N) is 2. The highest BCUT2D eigenvalue weighted by Crippen LogP contribution is 2.22. The van der Waals surface area contributed by atoms with Gasteiger partial charge >= 0.3 is 0 Å². The minimum atomic E-state index is -3.86. The largest absolute Gasteiger partial charge is 0.494 e. The van der Waals surface area contributed by atoms with E-state index < -0.39 is 16.1 Å². The van der Waals surface area contributed by atoms with Crippen LogP contribution in [0.3, 0.4) is 0 Å². The maximum atomic E-state index is 12.8. The van der Waals surface area contributed by atoms with Crippen LogP contribution < -0.4 is 14.8 Å². The van der Waals surface area contributed by atoms with Crippen molar-refractivity contribution < 1.29 is 17.9 Å². The van der Waals surface area contributed by atoms with E-state index in [1.807, 2.05) is 37.3 Å². The van der Waals surface area contributed by atoms with Gasteiger partial charge in [-0.3, -0.25) is 4.79 Å². The molecule has 1 atom stereocenters. The van der Waals surface area contributed by atoms with Gasteiger partial charge in [-0.1, -0.05) is 30.3 Å². The molecule has 0 aromatic heterocycles. The number of hydrogen-bond acceptors (Lipinski definition) is 4. The Morgan fingerprint density at radius 1 is 1.11 bits per heavy atom. The summed E-state index contributed by atoms with van der Waals surface area (Å²) in [5, 5.41) is 2.69. The van der Waals surface area contributed by atoms with E-state index in [-0.39, 0.29) is 17.2 Å². The third-order valence-corrected chi connectivity index (χ3v) is 5.47. The van der Waals surface area contributed by atoms with E-state index in [1.54, 1.807) is 26.0 Å². The van der Waals surface area contributed by atoms with Crippen molar-refractivity contribution >= 4 is 15.9 Å². The van der Waals surface area contributed by atoms with Gasteiger partial charge in [0.2, 0.25) is 15.9 Å². The van der Waals surface area contributed by atoms with Crippen molar-refractivity contribution in [1.82, 2.24) is 10.0 Å². The number of ether oxygens (including phenoxy) is 1. The van der Waals surface area contributed by atoms with Crippen LogP contribution in [0.2, 0.25) is 0 Å². The fraction of sp³-hybridized carbons (Fsp3) is 0.350. The Labute approximate surface area is 161 Å². The summed E-state index contributed by atoms with van der Waals surface area (Å²) in [6.45, 7) is 6.37. The van der Waals surface area contributed by atoms with Gasteiger partial charge < -0.3 is 10.1 Å². The molecule has 6 nitrogen and oxygen atoms in total. The fourth-order valence-electron chi connectivity index (χ4n) is 2.70. The predicted molar refractivity (Wildman–Crippen MR) is 105 cm³/mol. The fourth-order valence-corrected chi connectivity index (χ4v) is 3.98. The Morgan fingerprint density at radius 3 is 2.41 bits per heavy atom. The summed E-state index contributed by atoms with van der Waals surface area (Å²) in [4.78, 5) is 12.5. The van der Waals surface area contributed by atoms with Gasteiger partial charge in [-0.05, 0) is 56.5 Å². The summed E-state index contributed by atoms with van der Waals surface area (Å²) in [6, 6.07) is 13.1. The van der Waals surface area contributed by atoms with Crippen molar-refractivity contribution in [1.29, 1.82) is 0 Å². The molecule has 0 heterocycles. The number of benzene rings is 2. The summed E-state index contributed by atoms with van der Waals surface area (Å²) >= 11 is 0. The van der Waals surface area contributed by atoms with E-state index in [0.717, 1.165) is 11.1 Å². The number of amides is 1. The Bertz CT molecular complexity index is 867. The summed E-state index contributed by atoms with van der Waals surface area (Å²) in [5.74, 6) is 0.286. The van der Waals surface area contributed by atoms with E-state index in [4.69, 9.17) is 4.74 Å². The smallest absolute Gasteiger partial charge is 0.241 e. The molecule has 2 aromatic carbocycles. The molecule has 2 aromatic rings. The van der Waals surface area contributed by atoms with Crippen LogP contribution in [0.5, 0.6) is 5.75 Å². The van der Waals surface area contributed by atoms with Crippen LogP contribution in [0, 0.1) is 6.92 Å². The minimum absolute atomic E-state index is 0.103. The number of rotatable bonds is 9. The van der Waals surface area contributed by atoms with Gasteiger partial charge in [0.15, 0.2) is 0 Å². The molecular weight excluding hydrogens is 364 g/mol. The van der Waals surface area contributed by atoms with Crippen molar-refractivity contribution in [3.8, 4) is 5.75 Å². The van der Waals surface area contributed by atoms with Gasteiger partial charge in [0.25, 0.3) is 0 Å². The molecule has 0 aliphatic heterocycles. The number of hydrogen-bond donors (Lipinski definition) is 2. The molecule has 0 radical (unpaired) electrons. The molecule has 0 fully saturated rings. The summed E-state index contributed by atoms with van der Waals surface area (Å²) in [7, 11) is -3.86. The molecule has 0 bridgehead atoms. The van der Waals surface area contributed by atoms with Crippen LogP contribution in [0.4, 0.5) is 0 Å². The van der Waals surface area contributed by atoms with Gasteiger partial charge in [-0.25, -0.2) is 8.42 Å². The van der Waals surface area contributed by atoms with Gasteiger partial charge in [0, 0.05) is 6.54 Å². The molecule has 0 aliphatic carbocycles. The zero-order valence-corrected chi connectivity index (χ0v) is 16.7. The molecule has 0 saturated carbocycles. The molecule has 7 heteroatoms. The second kappa shape index (κ2) is 9.53. The lowest BCUT2D eigenvalue weighted by molar-refractivity contribution is -0.122. The van der Waals surface area contributed by atoms with Gasteiger partial charge in [-0.2, -0.15) is 4.72 Å². The normalized spacial score (nSPS) is 12.4. The lowest BCUT2D eigenvalue weighted by atomic mass is 10.1. The molecule has 0 spiro atoms. The minimum Gasteiger partial charge on any atom is -0.494 e. The predicted octanol–water partition coefficient (Wildman–Crippen LogP) is 2.42. The lowest BCUT2D eigenvalue weighted by Gasteiger charge is -2.19. The maximum absolute atomic E-state index is 12.8. The van der Waals surface area contributed by atoms with Gasteiger partial charge in [0.05, 0.1) is 11.5 Å². The third-order valence-electron chi connectivity index (χ3n) is 4.00. The van der Waals surface area contributed by atoms with Crippen LogP contribution in [0.25, 0.3) is 0 Å². The highest BCUT2D eigenvalue weighted by atomic mass is 32.2. The first-order chi connectivity index (χ1) is 12.9. The highest BCUT2D eigenvalue weighted by Gasteiger charge is 2.26. The Balaban J connectivity index is 2.26. The monoisotopic (exact) mass is 390 g/mol. The lowest BCUT2D eigenvalue weighted by Crippen LogP contribution is -2.47. The van der Waals surface area contributed by atoms with E-state index in [1.165, 1.54) is 6.07 Å². The van der Waals surface area contributed by atoms with E-state index in [2.05, 4.69) is 10.0 Å². The van der Waals surface area contributed by atoms with Crippen molar-refractivity contribution in [2.24, 2.45) is 0 Å². The summed E-state index contributed by atoms with van der Waals surface area (Å²) in [6.07, 6.45) is 0.266. The van der Waals surface area contributed by atoms with Crippen molar-refractivity contribution in [3.63, 3.8) is 0 Å². The maximum Gasteiger partial charge on any atom is 0.241 e. The molecule has 146 valence electrons. The molecule has 0 unspecified atom stereocenters. The first-order valence-electron chi connectivity index (χ1n) is 8.94. The molecule has 0 aliphatic rings. The van der Waals surface area contributed by atoms with Crippen molar-refractivity contribution in [2.45, 2.75) is 38.1 Å². The second-order valence-corrected chi connectivity index (χ2v) is 7.83. The quantitative estimate of drug-likeness (QED) is 0.689. The number of sulfonamides is 1. The number of carbonyl (C=O) groups excluding carboxylic acids is 1. The third kappa shape index (κ3) is 5.80. The van der Waals surface area contributed by atoms with Gasteiger partial charge in [-0.15, -0.1) is 0 Å². The molecule has 0 saturated heterocycles. The van der Waals surface area contributed by atoms with E-state index >= 15 is 0 Å². The Hall–Kier alpha value is -2.38. The molecule has 1 amide bonds. The average Bonchev–Trinajstić information content (AvgIpc) is 2.64. The van der Waals surface area contributed by atoms with Crippen LogP contribution >= 0.6 is 0 Å². The topological polar surface area (TPSA) is 84.5 Å². The zero-order valence-electron chi connectivity index (χ0n) is 15.9. The van der Waals surface area contributed by atoms with E-state index in [0.29, 0.717) is 18.9 Å². The standard InChI is InChI=1S/C20H26N2O4S/c1-4-21-20(23)18(14-16-9-7-6-8-10-16)22-27(24,25)17-11-12-19(26-5-2)15(3)13-17/h6-13,18,22H,4-5,14H2,1-3H3,(H,21,23)/t18-/m0/s1. The van der Waals surface area contributed by atoms with Crippen LogP contribution in [-0.4, -0.2) is 33.5 Å².